The van der Waals surface area contributed by atoms with Gasteiger partial charge in [-0.1, -0.05) is 0 Å². The SMILES string of the molecule is CCOC(=O)c1nn([C@H](C)C(F)(F)F)c2c1CNCC2. The topological polar surface area (TPSA) is 56.1 Å². The smallest absolute Gasteiger partial charge is 0.410 e. The van der Waals surface area contributed by atoms with E-state index in [4.69, 9.17) is 4.74 Å². The molecule has 20 heavy (non-hydrogen) atoms. The predicted octanol–water partition coefficient (Wildman–Crippen LogP) is 1.83. The van der Waals surface area contributed by atoms with Crippen LogP contribution in [0.5, 0.6) is 0 Å². The van der Waals surface area contributed by atoms with E-state index in [-0.39, 0.29) is 12.3 Å². The van der Waals surface area contributed by atoms with Crippen molar-refractivity contribution < 1.29 is 22.7 Å². The highest BCUT2D eigenvalue weighted by Gasteiger charge is 2.41. The zero-order valence-electron chi connectivity index (χ0n) is 11.3. The van der Waals surface area contributed by atoms with Crippen LogP contribution in [0.3, 0.4) is 0 Å². The molecular formula is C12H16F3N3O2. The van der Waals surface area contributed by atoms with Gasteiger partial charge in [0.25, 0.3) is 0 Å². The molecule has 0 aromatic carbocycles. The first-order valence-corrected chi connectivity index (χ1v) is 6.41. The molecule has 2 rings (SSSR count). The lowest BCUT2D eigenvalue weighted by Gasteiger charge is -2.21. The molecule has 2 heterocycles. The van der Waals surface area contributed by atoms with Crippen LogP contribution in [0.1, 0.15) is 41.6 Å². The molecular weight excluding hydrogens is 275 g/mol. The Labute approximate surface area is 114 Å². The lowest BCUT2D eigenvalue weighted by molar-refractivity contribution is -0.165. The van der Waals surface area contributed by atoms with Gasteiger partial charge in [-0.05, 0) is 13.8 Å². The van der Waals surface area contributed by atoms with Crippen LogP contribution < -0.4 is 5.32 Å². The molecule has 0 amide bonds. The van der Waals surface area contributed by atoms with E-state index in [0.717, 1.165) is 11.6 Å². The zero-order valence-corrected chi connectivity index (χ0v) is 11.3. The minimum atomic E-state index is -4.41. The Morgan fingerprint density at radius 1 is 1.55 bits per heavy atom. The monoisotopic (exact) mass is 291 g/mol. The molecule has 1 aromatic rings. The van der Waals surface area contributed by atoms with Gasteiger partial charge in [0.2, 0.25) is 0 Å². The van der Waals surface area contributed by atoms with Gasteiger partial charge in [0, 0.05) is 30.8 Å². The second-order valence-corrected chi connectivity index (χ2v) is 4.58. The highest BCUT2D eigenvalue weighted by atomic mass is 19.4. The van der Waals surface area contributed by atoms with E-state index in [0.29, 0.717) is 30.8 Å². The Hall–Kier alpha value is -1.57. The van der Waals surface area contributed by atoms with Crippen LogP contribution in [0.4, 0.5) is 13.2 Å². The first kappa shape index (κ1) is 14.8. The Kier molecular flexibility index (Phi) is 4.03. The summed E-state index contributed by atoms with van der Waals surface area (Å²) in [5, 5.41) is 6.89. The molecule has 1 N–H and O–H groups in total. The number of hydrogen-bond acceptors (Lipinski definition) is 4. The first-order chi connectivity index (χ1) is 9.36. The number of nitrogens with one attached hydrogen (secondary N) is 1. The number of halogens is 3. The van der Waals surface area contributed by atoms with Crippen molar-refractivity contribution in [1.82, 2.24) is 15.1 Å². The first-order valence-electron chi connectivity index (χ1n) is 6.41. The number of rotatable bonds is 3. The quantitative estimate of drug-likeness (QED) is 0.863. The van der Waals surface area contributed by atoms with E-state index in [1.165, 1.54) is 0 Å². The Morgan fingerprint density at radius 3 is 2.85 bits per heavy atom. The summed E-state index contributed by atoms with van der Waals surface area (Å²) >= 11 is 0. The van der Waals surface area contributed by atoms with E-state index in [2.05, 4.69) is 10.4 Å². The molecule has 0 radical (unpaired) electrons. The highest BCUT2D eigenvalue weighted by Crippen LogP contribution is 2.33. The van der Waals surface area contributed by atoms with Crippen molar-refractivity contribution in [3.63, 3.8) is 0 Å². The van der Waals surface area contributed by atoms with E-state index < -0.39 is 18.2 Å². The van der Waals surface area contributed by atoms with Crippen molar-refractivity contribution in [2.75, 3.05) is 13.2 Å². The van der Waals surface area contributed by atoms with Gasteiger partial charge < -0.3 is 10.1 Å². The van der Waals surface area contributed by atoms with Crippen molar-refractivity contribution in [2.45, 2.75) is 39.0 Å². The maximum absolute atomic E-state index is 12.9. The molecule has 1 aromatic heterocycles. The fraction of sp³-hybridized carbons (Fsp3) is 0.667. The maximum Gasteiger partial charge on any atom is 0.410 e. The third-order valence-corrected chi connectivity index (χ3v) is 3.27. The standard InChI is InChI=1S/C12H16F3N3O2/c1-3-20-11(19)10-8-6-16-5-4-9(8)18(17-10)7(2)12(13,14)15/h7,16H,3-6H2,1-2H3/t7-/m1/s1. The second kappa shape index (κ2) is 5.43. The Morgan fingerprint density at radius 2 is 2.25 bits per heavy atom. The second-order valence-electron chi connectivity index (χ2n) is 4.58. The van der Waals surface area contributed by atoms with Gasteiger partial charge in [-0.2, -0.15) is 18.3 Å². The molecule has 1 atom stereocenters. The van der Waals surface area contributed by atoms with Gasteiger partial charge in [-0.25, -0.2) is 4.79 Å². The van der Waals surface area contributed by atoms with Crippen molar-refractivity contribution in [3.05, 3.63) is 17.0 Å². The summed E-state index contributed by atoms with van der Waals surface area (Å²) in [6.07, 6.45) is -4.00. The van der Waals surface area contributed by atoms with Crippen LogP contribution in [0, 0.1) is 0 Å². The number of carbonyl (C=O) groups excluding carboxylic acids is 1. The molecule has 0 aliphatic carbocycles. The molecule has 112 valence electrons. The molecule has 0 bridgehead atoms. The number of carbonyl (C=O) groups is 1. The molecule has 0 saturated carbocycles. The number of alkyl halides is 3. The Bertz CT molecular complexity index is 511. The van der Waals surface area contributed by atoms with E-state index in [1.54, 1.807) is 6.92 Å². The van der Waals surface area contributed by atoms with Gasteiger partial charge in [-0.15, -0.1) is 0 Å². The van der Waals surface area contributed by atoms with Crippen molar-refractivity contribution in [2.24, 2.45) is 0 Å². The average molecular weight is 291 g/mol. The normalized spacial score (nSPS) is 16.6. The summed E-state index contributed by atoms with van der Waals surface area (Å²) in [7, 11) is 0. The van der Waals surface area contributed by atoms with Crippen molar-refractivity contribution in [3.8, 4) is 0 Å². The lowest BCUT2D eigenvalue weighted by atomic mass is 10.1. The molecule has 1 aliphatic heterocycles. The van der Waals surface area contributed by atoms with Gasteiger partial charge in [0.15, 0.2) is 5.69 Å². The number of nitrogens with zero attached hydrogens (tertiary/aromatic N) is 2. The lowest BCUT2D eigenvalue weighted by Crippen LogP contribution is -2.30. The summed E-state index contributed by atoms with van der Waals surface area (Å²) in [5.74, 6) is -0.680. The zero-order chi connectivity index (χ0) is 14.9. The van der Waals surface area contributed by atoms with Crippen molar-refractivity contribution in [1.29, 1.82) is 0 Å². The summed E-state index contributed by atoms with van der Waals surface area (Å²) in [6, 6.07) is -1.77. The van der Waals surface area contributed by atoms with Crippen LogP contribution in [0.25, 0.3) is 0 Å². The van der Waals surface area contributed by atoms with Gasteiger partial charge in [0.05, 0.1) is 6.61 Å². The minimum absolute atomic E-state index is 0.0230. The molecule has 0 spiro atoms. The van der Waals surface area contributed by atoms with Crippen LogP contribution in [-0.4, -0.2) is 35.1 Å². The van der Waals surface area contributed by atoms with E-state index in [9.17, 15) is 18.0 Å². The summed E-state index contributed by atoms with van der Waals surface area (Å²) in [5.41, 5.74) is 0.938. The van der Waals surface area contributed by atoms with Crippen LogP contribution in [0.15, 0.2) is 0 Å². The van der Waals surface area contributed by atoms with Crippen molar-refractivity contribution >= 4 is 5.97 Å². The van der Waals surface area contributed by atoms with Crippen LogP contribution in [-0.2, 0) is 17.7 Å². The molecule has 0 fully saturated rings. The van der Waals surface area contributed by atoms with Gasteiger partial charge in [-0.3, -0.25) is 4.68 Å². The largest absolute Gasteiger partial charge is 0.461 e. The minimum Gasteiger partial charge on any atom is -0.461 e. The fourth-order valence-electron chi connectivity index (χ4n) is 2.20. The van der Waals surface area contributed by atoms with E-state index >= 15 is 0 Å². The summed E-state index contributed by atoms with van der Waals surface area (Å²) in [6.45, 7) is 3.71. The summed E-state index contributed by atoms with van der Waals surface area (Å²) in [4.78, 5) is 11.8. The fourth-order valence-corrected chi connectivity index (χ4v) is 2.20. The molecule has 1 aliphatic rings. The predicted molar refractivity (Wildman–Crippen MR) is 64.4 cm³/mol. The van der Waals surface area contributed by atoms with Crippen LogP contribution in [0.2, 0.25) is 0 Å². The number of esters is 1. The third-order valence-electron chi connectivity index (χ3n) is 3.27. The molecule has 0 unspecified atom stereocenters. The highest BCUT2D eigenvalue weighted by molar-refractivity contribution is 5.89. The summed E-state index contributed by atoms with van der Waals surface area (Å²) < 4.78 is 44.4. The molecule has 0 saturated heterocycles. The third kappa shape index (κ3) is 2.65. The number of aromatic nitrogens is 2. The number of ether oxygens (including phenoxy) is 1. The van der Waals surface area contributed by atoms with Crippen LogP contribution >= 0.6 is 0 Å². The van der Waals surface area contributed by atoms with E-state index in [1.807, 2.05) is 0 Å². The number of hydrogen-bond donors (Lipinski definition) is 1. The molecule has 5 nitrogen and oxygen atoms in total. The maximum atomic E-state index is 12.9. The van der Waals surface area contributed by atoms with Gasteiger partial charge in [0.1, 0.15) is 6.04 Å². The Balaban J connectivity index is 2.46. The number of fused-ring (bicyclic) bond motifs is 1. The molecule has 8 heteroatoms. The van der Waals surface area contributed by atoms with Gasteiger partial charge >= 0.3 is 12.1 Å². The average Bonchev–Trinajstić information content (AvgIpc) is 2.76.